The summed E-state index contributed by atoms with van der Waals surface area (Å²) in [5.74, 6) is 0.0797. The Kier molecular flexibility index (Phi) is 5.08. The van der Waals surface area contributed by atoms with Crippen LogP contribution in [0.25, 0.3) is 0 Å². The minimum Gasteiger partial charge on any atom is -0.432 e. The summed E-state index contributed by atoms with van der Waals surface area (Å²) in [6, 6.07) is 0. The molecule has 0 radical (unpaired) electrons. The molecule has 5 rings (SSSR count). The normalized spacial score (nSPS) is 47.2. The summed E-state index contributed by atoms with van der Waals surface area (Å²) in [7, 11) is 0. The number of carbonyl (C=O) groups is 1. The average Bonchev–Trinajstić information content (AvgIpc) is 2.88. The maximum absolute atomic E-state index is 12.8. The first-order valence-electron chi connectivity index (χ1n) is 10.8. The zero-order valence-corrected chi connectivity index (χ0v) is 16.5. The van der Waals surface area contributed by atoms with Gasteiger partial charge in [-0.2, -0.15) is 0 Å². The molecule has 1 saturated carbocycles. The van der Waals surface area contributed by atoms with Crippen molar-refractivity contribution in [2.75, 3.05) is 0 Å². The lowest BCUT2D eigenvalue weighted by atomic mass is 9.57. The first kappa shape index (κ1) is 18.7. The number of hydrogen-bond acceptors (Lipinski definition) is 5. The molecule has 7 atom stereocenters. The second-order valence-electron chi connectivity index (χ2n) is 8.98. The predicted molar refractivity (Wildman–Crippen MR) is 95.7 cm³/mol. The van der Waals surface area contributed by atoms with Gasteiger partial charge >= 0.3 is 5.97 Å². The van der Waals surface area contributed by atoms with E-state index in [0.717, 1.165) is 64.2 Å². The molecule has 0 unspecified atom stereocenters. The molecule has 0 aromatic carbocycles. The average molecular weight is 366 g/mol. The van der Waals surface area contributed by atoms with E-state index in [1.54, 1.807) is 0 Å². The Morgan fingerprint density at radius 3 is 2.62 bits per heavy atom. The Morgan fingerprint density at radius 1 is 1.04 bits per heavy atom. The van der Waals surface area contributed by atoms with Crippen molar-refractivity contribution in [1.82, 2.24) is 0 Å². The third kappa shape index (κ3) is 2.73. The molecule has 0 aromatic rings. The molecule has 4 saturated heterocycles. The Morgan fingerprint density at radius 2 is 1.85 bits per heavy atom. The van der Waals surface area contributed by atoms with Crippen LogP contribution in [-0.4, -0.2) is 23.6 Å². The number of hydrogen-bond donors (Lipinski definition) is 0. The smallest absolute Gasteiger partial charge is 0.311 e. The van der Waals surface area contributed by atoms with Crippen LogP contribution in [0.3, 0.4) is 0 Å². The first-order valence-corrected chi connectivity index (χ1v) is 10.8. The van der Waals surface area contributed by atoms with Crippen molar-refractivity contribution in [1.29, 1.82) is 0 Å². The van der Waals surface area contributed by atoms with E-state index < -0.39 is 17.7 Å². The SMILES string of the molecule is CCCC[C@H]1C(=O)O[C@@H]2O[C@@]3(CCCC)CC[C@H]4[C@H](C)CC[C@@H]1[C@@]24OO3. The fourth-order valence-electron chi connectivity index (χ4n) is 5.95. The molecular formula is C21H34O5. The highest BCUT2D eigenvalue weighted by Gasteiger charge is 2.70. The second kappa shape index (κ2) is 7.06. The van der Waals surface area contributed by atoms with Gasteiger partial charge in [0.15, 0.2) is 5.60 Å². The zero-order chi connectivity index (χ0) is 18.4. The summed E-state index contributed by atoms with van der Waals surface area (Å²) in [5, 5.41) is 0. The van der Waals surface area contributed by atoms with Gasteiger partial charge in [0.2, 0.25) is 12.1 Å². The summed E-state index contributed by atoms with van der Waals surface area (Å²) in [6.07, 6.45) is 9.25. The molecule has 4 aliphatic heterocycles. The topological polar surface area (TPSA) is 54.0 Å². The summed E-state index contributed by atoms with van der Waals surface area (Å²) in [4.78, 5) is 25.1. The summed E-state index contributed by atoms with van der Waals surface area (Å²) >= 11 is 0. The lowest BCUT2D eigenvalue weighted by Crippen LogP contribution is -2.70. The zero-order valence-electron chi connectivity index (χ0n) is 16.5. The fraction of sp³-hybridized carbons (Fsp3) is 0.952. The molecule has 148 valence electrons. The predicted octanol–water partition coefficient (Wildman–Crippen LogP) is 4.74. The molecule has 0 amide bonds. The third-order valence-corrected chi connectivity index (χ3v) is 7.43. The van der Waals surface area contributed by atoms with Gasteiger partial charge in [-0.05, 0) is 38.0 Å². The minimum absolute atomic E-state index is 0.0883. The second-order valence-corrected chi connectivity index (χ2v) is 8.98. The molecule has 2 bridgehead atoms. The maximum Gasteiger partial charge on any atom is 0.311 e. The van der Waals surface area contributed by atoms with Crippen molar-refractivity contribution in [3.8, 4) is 0 Å². The van der Waals surface area contributed by atoms with Gasteiger partial charge in [-0.3, -0.25) is 4.79 Å². The van der Waals surface area contributed by atoms with Crippen LogP contribution in [-0.2, 0) is 24.0 Å². The summed E-state index contributed by atoms with van der Waals surface area (Å²) in [6.45, 7) is 6.64. The molecule has 5 aliphatic rings. The van der Waals surface area contributed by atoms with Crippen molar-refractivity contribution in [3.63, 3.8) is 0 Å². The van der Waals surface area contributed by atoms with Gasteiger partial charge in [-0.1, -0.05) is 40.0 Å². The van der Waals surface area contributed by atoms with Gasteiger partial charge in [0.25, 0.3) is 0 Å². The highest BCUT2D eigenvalue weighted by Crippen LogP contribution is 2.61. The van der Waals surface area contributed by atoms with Crippen LogP contribution in [0.4, 0.5) is 0 Å². The van der Waals surface area contributed by atoms with Crippen molar-refractivity contribution in [2.45, 2.75) is 103 Å². The summed E-state index contributed by atoms with van der Waals surface area (Å²) in [5.41, 5.74) is -0.615. The molecule has 26 heavy (non-hydrogen) atoms. The van der Waals surface area contributed by atoms with Crippen molar-refractivity contribution >= 4 is 5.97 Å². The molecular weight excluding hydrogens is 332 g/mol. The molecule has 1 aliphatic carbocycles. The van der Waals surface area contributed by atoms with E-state index in [0.29, 0.717) is 11.8 Å². The van der Waals surface area contributed by atoms with E-state index in [1.165, 1.54) is 0 Å². The van der Waals surface area contributed by atoms with Gasteiger partial charge < -0.3 is 9.47 Å². The molecule has 0 N–H and O–H groups in total. The fourth-order valence-corrected chi connectivity index (χ4v) is 5.95. The van der Waals surface area contributed by atoms with E-state index in [1.807, 2.05) is 0 Å². The Hall–Kier alpha value is -0.650. The van der Waals surface area contributed by atoms with Crippen LogP contribution in [0.1, 0.15) is 85.0 Å². The van der Waals surface area contributed by atoms with Gasteiger partial charge in [0.05, 0.1) is 5.92 Å². The quantitative estimate of drug-likeness (QED) is 0.502. The van der Waals surface area contributed by atoms with Crippen LogP contribution in [0.5, 0.6) is 0 Å². The van der Waals surface area contributed by atoms with Gasteiger partial charge in [-0.25, -0.2) is 9.78 Å². The third-order valence-electron chi connectivity index (χ3n) is 7.43. The van der Waals surface area contributed by atoms with Gasteiger partial charge in [-0.15, -0.1) is 0 Å². The maximum atomic E-state index is 12.8. The lowest BCUT2D eigenvalue weighted by Gasteiger charge is -2.58. The Labute approximate surface area is 157 Å². The number of rotatable bonds is 6. The van der Waals surface area contributed by atoms with Crippen molar-refractivity contribution in [3.05, 3.63) is 0 Å². The standard InChI is InChI=1S/C21H34O5/c1-4-6-8-15-17-10-9-14(3)16-11-13-20(12-7-5-2)24-19(23-18(15)22)21(16,17)26-25-20/h14-17,19H,4-13H2,1-3H3/t14-,15-,16+,17+,19-,20-,21-/m1/s1. The summed E-state index contributed by atoms with van der Waals surface area (Å²) < 4.78 is 12.3. The highest BCUT2D eigenvalue weighted by atomic mass is 17.3. The van der Waals surface area contributed by atoms with Crippen LogP contribution in [0.15, 0.2) is 0 Å². The Balaban J connectivity index is 1.69. The molecule has 5 fully saturated rings. The molecule has 5 heteroatoms. The number of unbranched alkanes of at least 4 members (excludes halogenated alkanes) is 2. The van der Waals surface area contributed by atoms with Crippen LogP contribution in [0.2, 0.25) is 0 Å². The van der Waals surface area contributed by atoms with E-state index in [2.05, 4.69) is 20.8 Å². The lowest BCUT2D eigenvalue weighted by molar-refractivity contribution is -0.564. The Bertz CT molecular complexity index is 536. The largest absolute Gasteiger partial charge is 0.432 e. The first-order chi connectivity index (χ1) is 12.6. The number of carbonyl (C=O) groups excluding carboxylic acids is 1. The van der Waals surface area contributed by atoms with E-state index in [9.17, 15) is 4.79 Å². The van der Waals surface area contributed by atoms with Crippen LogP contribution in [0, 0.1) is 23.7 Å². The molecule has 4 heterocycles. The van der Waals surface area contributed by atoms with Crippen molar-refractivity contribution in [2.24, 2.45) is 23.7 Å². The van der Waals surface area contributed by atoms with Gasteiger partial charge in [0, 0.05) is 24.7 Å². The number of ether oxygens (including phenoxy) is 2. The van der Waals surface area contributed by atoms with Crippen LogP contribution < -0.4 is 0 Å². The molecule has 5 nitrogen and oxygen atoms in total. The van der Waals surface area contributed by atoms with E-state index in [4.69, 9.17) is 19.2 Å². The highest BCUT2D eigenvalue weighted by molar-refractivity contribution is 5.74. The molecule has 1 spiro atoms. The van der Waals surface area contributed by atoms with Gasteiger partial charge in [0.1, 0.15) is 0 Å². The number of esters is 1. The van der Waals surface area contributed by atoms with Crippen molar-refractivity contribution < 1.29 is 24.0 Å². The molecule has 0 aromatic heterocycles. The van der Waals surface area contributed by atoms with E-state index in [-0.39, 0.29) is 17.8 Å². The monoisotopic (exact) mass is 366 g/mol. The number of fused-ring (bicyclic) bond motifs is 2. The minimum atomic E-state index is -0.746. The van der Waals surface area contributed by atoms with Crippen LogP contribution >= 0.6 is 0 Å². The van der Waals surface area contributed by atoms with E-state index >= 15 is 0 Å².